The summed E-state index contributed by atoms with van der Waals surface area (Å²) in [6.07, 6.45) is 1.07. The van der Waals surface area contributed by atoms with Crippen molar-refractivity contribution in [2.24, 2.45) is 0 Å². The zero-order valence-corrected chi connectivity index (χ0v) is 9.53. The number of rotatable bonds is 4. The Morgan fingerprint density at radius 1 is 1.47 bits per heavy atom. The highest BCUT2D eigenvalue weighted by atomic mass is 16.3. The third-order valence-electron chi connectivity index (χ3n) is 2.58. The lowest BCUT2D eigenvalue weighted by Crippen LogP contribution is -2.16. The Kier molecular flexibility index (Phi) is 3.41. The predicted octanol–water partition coefficient (Wildman–Crippen LogP) is 0.623. The van der Waals surface area contributed by atoms with Crippen LogP contribution in [0.5, 0.6) is 0 Å². The number of imidazole rings is 1. The van der Waals surface area contributed by atoms with E-state index in [1.165, 1.54) is 0 Å². The van der Waals surface area contributed by atoms with Crippen molar-refractivity contribution in [3.8, 4) is 11.3 Å². The Hall–Kier alpha value is -1.85. The SMILES string of the molecule is CNCC(O)c1cccc(-c2c[nH]c(=O)[nH]2)c1. The summed E-state index contributed by atoms with van der Waals surface area (Å²) in [7, 11) is 1.79. The van der Waals surface area contributed by atoms with Crippen molar-refractivity contribution in [1.29, 1.82) is 0 Å². The number of aliphatic hydroxyl groups excluding tert-OH is 1. The maximum atomic E-state index is 11.0. The van der Waals surface area contributed by atoms with Gasteiger partial charge in [0.1, 0.15) is 0 Å². The van der Waals surface area contributed by atoms with Crippen molar-refractivity contribution in [3.63, 3.8) is 0 Å². The molecule has 1 aromatic carbocycles. The highest BCUT2D eigenvalue weighted by molar-refractivity contribution is 5.59. The lowest BCUT2D eigenvalue weighted by atomic mass is 10.0. The van der Waals surface area contributed by atoms with Gasteiger partial charge in [-0.3, -0.25) is 0 Å². The van der Waals surface area contributed by atoms with E-state index in [9.17, 15) is 9.90 Å². The number of likely N-dealkylation sites (N-methyl/N-ethyl adjacent to an activating group) is 1. The molecule has 1 atom stereocenters. The van der Waals surface area contributed by atoms with Gasteiger partial charge in [0.25, 0.3) is 0 Å². The van der Waals surface area contributed by atoms with Crippen molar-refractivity contribution in [2.75, 3.05) is 13.6 Å². The zero-order chi connectivity index (χ0) is 12.3. The molecule has 0 aliphatic carbocycles. The molecule has 17 heavy (non-hydrogen) atoms. The van der Waals surface area contributed by atoms with Crippen LogP contribution in [0.2, 0.25) is 0 Å². The number of nitrogens with one attached hydrogen (secondary N) is 3. The lowest BCUT2D eigenvalue weighted by Gasteiger charge is -2.11. The van der Waals surface area contributed by atoms with E-state index >= 15 is 0 Å². The second kappa shape index (κ2) is 4.99. The molecule has 0 saturated heterocycles. The van der Waals surface area contributed by atoms with Gasteiger partial charge < -0.3 is 20.4 Å². The Bertz CT molecular complexity index is 544. The van der Waals surface area contributed by atoms with Gasteiger partial charge in [0.05, 0.1) is 11.8 Å². The van der Waals surface area contributed by atoms with Crippen LogP contribution >= 0.6 is 0 Å². The van der Waals surface area contributed by atoms with Crippen LogP contribution in [0, 0.1) is 0 Å². The monoisotopic (exact) mass is 233 g/mol. The summed E-state index contributed by atoms with van der Waals surface area (Å²) in [4.78, 5) is 16.3. The standard InChI is InChI=1S/C12H15N3O2/c1-13-7-11(16)9-4-2-3-8(5-9)10-6-14-12(17)15-10/h2-6,11,13,16H,7H2,1H3,(H2,14,15,17). The smallest absolute Gasteiger partial charge is 0.323 e. The number of aromatic amines is 2. The number of aliphatic hydroxyl groups is 1. The van der Waals surface area contributed by atoms with Crippen LogP contribution in [0.1, 0.15) is 11.7 Å². The van der Waals surface area contributed by atoms with E-state index < -0.39 is 6.10 Å². The van der Waals surface area contributed by atoms with Crippen molar-refractivity contribution in [1.82, 2.24) is 15.3 Å². The second-order valence-electron chi connectivity index (χ2n) is 3.86. The molecule has 0 bridgehead atoms. The molecule has 2 aromatic rings. The molecule has 0 spiro atoms. The molecule has 1 unspecified atom stereocenters. The first-order valence-electron chi connectivity index (χ1n) is 5.41. The largest absolute Gasteiger partial charge is 0.387 e. The van der Waals surface area contributed by atoms with Gasteiger partial charge in [-0.25, -0.2) is 4.79 Å². The molecule has 0 aliphatic heterocycles. The molecular weight excluding hydrogens is 218 g/mol. The molecule has 0 amide bonds. The van der Waals surface area contributed by atoms with Crippen LogP contribution in [0.15, 0.2) is 35.3 Å². The van der Waals surface area contributed by atoms with Crippen molar-refractivity contribution < 1.29 is 5.11 Å². The van der Waals surface area contributed by atoms with Crippen LogP contribution in [0.4, 0.5) is 0 Å². The van der Waals surface area contributed by atoms with Gasteiger partial charge in [0, 0.05) is 12.7 Å². The molecule has 1 heterocycles. The topological polar surface area (TPSA) is 80.9 Å². The van der Waals surface area contributed by atoms with E-state index in [1.54, 1.807) is 13.2 Å². The number of hydrogen-bond acceptors (Lipinski definition) is 3. The van der Waals surface area contributed by atoms with E-state index in [1.807, 2.05) is 24.3 Å². The second-order valence-corrected chi connectivity index (χ2v) is 3.86. The van der Waals surface area contributed by atoms with Gasteiger partial charge in [-0.15, -0.1) is 0 Å². The Morgan fingerprint density at radius 2 is 2.29 bits per heavy atom. The molecule has 5 heteroatoms. The lowest BCUT2D eigenvalue weighted by molar-refractivity contribution is 0.178. The summed E-state index contributed by atoms with van der Waals surface area (Å²) < 4.78 is 0. The summed E-state index contributed by atoms with van der Waals surface area (Å²) in [5.74, 6) is 0. The molecule has 0 fully saturated rings. The molecule has 0 radical (unpaired) electrons. The Balaban J connectivity index is 2.31. The highest BCUT2D eigenvalue weighted by Crippen LogP contribution is 2.20. The fourth-order valence-corrected chi connectivity index (χ4v) is 1.71. The molecule has 0 aliphatic rings. The maximum Gasteiger partial charge on any atom is 0.323 e. The normalized spacial score (nSPS) is 12.6. The minimum Gasteiger partial charge on any atom is -0.387 e. The van der Waals surface area contributed by atoms with E-state index in [0.29, 0.717) is 12.2 Å². The van der Waals surface area contributed by atoms with Crippen LogP contribution in [-0.2, 0) is 0 Å². The molecular formula is C12H15N3O2. The number of benzene rings is 1. The van der Waals surface area contributed by atoms with Crippen molar-refractivity contribution >= 4 is 0 Å². The average Bonchev–Trinajstić information content (AvgIpc) is 2.76. The Labute approximate surface area is 98.5 Å². The van der Waals surface area contributed by atoms with Gasteiger partial charge in [-0.1, -0.05) is 18.2 Å². The van der Waals surface area contributed by atoms with Crippen LogP contribution in [-0.4, -0.2) is 28.7 Å². The first kappa shape index (κ1) is 11.6. The molecule has 90 valence electrons. The van der Waals surface area contributed by atoms with Crippen LogP contribution in [0.25, 0.3) is 11.3 Å². The third-order valence-corrected chi connectivity index (χ3v) is 2.58. The predicted molar refractivity (Wildman–Crippen MR) is 65.7 cm³/mol. The zero-order valence-electron chi connectivity index (χ0n) is 9.53. The number of H-pyrrole nitrogens is 2. The summed E-state index contributed by atoms with van der Waals surface area (Å²) >= 11 is 0. The van der Waals surface area contributed by atoms with E-state index in [0.717, 1.165) is 11.1 Å². The number of aromatic nitrogens is 2. The van der Waals surface area contributed by atoms with Gasteiger partial charge >= 0.3 is 5.69 Å². The van der Waals surface area contributed by atoms with Crippen LogP contribution < -0.4 is 11.0 Å². The molecule has 0 saturated carbocycles. The van der Waals surface area contributed by atoms with Crippen molar-refractivity contribution in [3.05, 3.63) is 46.5 Å². The molecule has 2 rings (SSSR count). The van der Waals surface area contributed by atoms with Crippen LogP contribution in [0.3, 0.4) is 0 Å². The highest BCUT2D eigenvalue weighted by Gasteiger charge is 2.08. The minimum absolute atomic E-state index is 0.235. The third kappa shape index (κ3) is 2.64. The van der Waals surface area contributed by atoms with E-state index in [-0.39, 0.29) is 5.69 Å². The fourth-order valence-electron chi connectivity index (χ4n) is 1.71. The van der Waals surface area contributed by atoms with Gasteiger partial charge in [0.15, 0.2) is 0 Å². The quantitative estimate of drug-likeness (QED) is 0.625. The minimum atomic E-state index is -0.550. The average molecular weight is 233 g/mol. The fraction of sp³-hybridized carbons (Fsp3) is 0.250. The number of hydrogen-bond donors (Lipinski definition) is 4. The summed E-state index contributed by atoms with van der Waals surface area (Å²) in [5.41, 5.74) is 2.17. The van der Waals surface area contributed by atoms with E-state index in [4.69, 9.17) is 0 Å². The molecule has 4 N–H and O–H groups in total. The van der Waals surface area contributed by atoms with Gasteiger partial charge in [-0.05, 0) is 24.2 Å². The first-order valence-corrected chi connectivity index (χ1v) is 5.41. The van der Waals surface area contributed by atoms with E-state index in [2.05, 4.69) is 15.3 Å². The van der Waals surface area contributed by atoms with Crippen molar-refractivity contribution in [2.45, 2.75) is 6.10 Å². The molecule has 5 nitrogen and oxygen atoms in total. The summed E-state index contributed by atoms with van der Waals surface area (Å²) in [6.45, 7) is 0.493. The first-order chi connectivity index (χ1) is 8.20. The summed E-state index contributed by atoms with van der Waals surface area (Å²) in [6, 6.07) is 7.46. The molecule has 1 aromatic heterocycles. The maximum absolute atomic E-state index is 11.0. The van der Waals surface area contributed by atoms with Gasteiger partial charge in [0.2, 0.25) is 0 Å². The Morgan fingerprint density at radius 3 is 2.94 bits per heavy atom. The van der Waals surface area contributed by atoms with Gasteiger partial charge in [-0.2, -0.15) is 0 Å². The summed E-state index contributed by atoms with van der Waals surface area (Å²) in [5, 5.41) is 12.8.